The van der Waals surface area contributed by atoms with E-state index >= 15 is 0 Å². The van der Waals surface area contributed by atoms with Crippen molar-refractivity contribution in [3.8, 4) is 0 Å². The first kappa shape index (κ1) is 95.4. The SMILES string of the molecule is CC/C=C\C/C=C\C/C=C\C/C=C\C/C=C\C/C=C\C/C=C\C/C=C\C/C=C\C/C=C\C/C=C\CCCCCCCCCC(=O)OC(COC(=O)CCCCCCCCCCCCCCCCCCCCCCCC/C=C\C/C=C\C/C=C\C/C=C\CC)COC(OCC[N+](C)(C)C)C(=O)O. The molecule has 0 saturated heterocycles. The lowest BCUT2D eigenvalue weighted by Crippen LogP contribution is -2.40. The number of hydrogen-bond donors (Lipinski definition) is 1. The monoisotopic (exact) mass is 1400 g/mol. The van der Waals surface area contributed by atoms with Crippen LogP contribution in [0.1, 0.15) is 322 Å². The number of nitrogens with zero attached hydrogens (tertiary/aromatic N) is 1. The van der Waals surface area contributed by atoms with Gasteiger partial charge in [-0.05, 0) is 135 Å². The number of carboxylic acids is 1. The number of rotatable bonds is 74. The predicted octanol–water partition coefficient (Wildman–Crippen LogP) is 26.7. The smallest absolute Gasteiger partial charge is 0.361 e. The summed E-state index contributed by atoms with van der Waals surface area (Å²) in [6, 6.07) is 0. The first-order chi connectivity index (χ1) is 49.6. The molecule has 2 unspecified atom stereocenters. The van der Waals surface area contributed by atoms with Gasteiger partial charge in [0.1, 0.15) is 13.2 Å². The standard InChI is InChI=1S/C92H151NO8/c1-6-8-10-12-14-16-18-20-22-24-26-28-30-32-34-36-38-40-42-43-44-45-46-47-49-51-53-55-57-59-61-63-65-67-69-71-73-75-77-79-81-83-90(95)101-88(87-100-92(91(96)97)98-85-84-93(3,4)5)86-99-89(94)82-80-78-76-74-72-70-68-66-64-62-60-58-56-54-52-50-48-41-39-37-35-33-31-29-27-25-23-21-19-17-15-13-11-9-7-2/h8-11,14-17,20-23,26-29,32,34,38,40,43-44,46-47,51,53,57,59,63,65,88,92H,6-7,12-13,18-19,24-25,30-31,33,35-37,39,41-42,45,48-50,52,54-56,58,60-62,64,66-87H2,1-5H3/p+1/b10-8-,11-9-,16-14-,17-15-,22-20-,23-21-,28-26-,29-27-,34-32-,40-38-,44-43-,47-46-,53-51-,59-57-,65-63-. The van der Waals surface area contributed by atoms with Crippen LogP contribution in [-0.2, 0) is 33.3 Å². The van der Waals surface area contributed by atoms with Gasteiger partial charge in [0.15, 0.2) is 6.10 Å². The first-order valence-corrected chi connectivity index (χ1v) is 40.9. The third kappa shape index (κ3) is 81.6. The van der Waals surface area contributed by atoms with E-state index in [-0.39, 0.29) is 32.2 Å². The van der Waals surface area contributed by atoms with E-state index in [1.807, 2.05) is 21.1 Å². The number of allylic oxidation sites excluding steroid dienone is 30. The minimum Gasteiger partial charge on any atom is -0.477 e. The van der Waals surface area contributed by atoms with Crippen molar-refractivity contribution in [3.63, 3.8) is 0 Å². The fourth-order valence-electron chi connectivity index (χ4n) is 11.0. The molecule has 0 rings (SSSR count). The Bertz CT molecular complexity index is 2330. The number of carbonyl (C=O) groups is 3. The van der Waals surface area contributed by atoms with Crippen LogP contribution in [0.15, 0.2) is 182 Å². The number of esters is 2. The summed E-state index contributed by atoms with van der Waals surface area (Å²) in [6.45, 7) is 4.65. The maximum atomic E-state index is 13.0. The fourth-order valence-corrected chi connectivity index (χ4v) is 11.0. The minimum atomic E-state index is -1.52. The Morgan fingerprint density at radius 1 is 0.297 bits per heavy atom. The van der Waals surface area contributed by atoms with E-state index in [0.29, 0.717) is 23.9 Å². The summed E-state index contributed by atoms with van der Waals surface area (Å²) < 4.78 is 23.0. The molecule has 0 radical (unpaired) electrons. The molecule has 101 heavy (non-hydrogen) atoms. The molecule has 0 aromatic heterocycles. The largest absolute Gasteiger partial charge is 0.477 e. The molecular formula is C92H152NO8+. The van der Waals surface area contributed by atoms with Gasteiger partial charge in [0, 0.05) is 12.8 Å². The van der Waals surface area contributed by atoms with Crippen molar-refractivity contribution in [2.24, 2.45) is 0 Å². The van der Waals surface area contributed by atoms with Crippen molar-refractivity contribution < 1.29 is 42.9 Å². The maximum Gasteiger partial charge on any atom is 0.361 e. The van der Waals surface area contributed by atoms with Gasteiger partial charge in [0.2, 0.25) is 0 Å². The number of ether oxygens (including phenoxy) is 4. The van der Waals surface area contributed by atoms with Crippen molar-refractivity contribution in [2.45, 2.75) is 334 Å². The number of carbonyl (C=O) groups excluding carboxylic acids is 2. The van der Waals surface area contributed by atoms with Gasteiger partial charge in [-0.1, -0.05) is 357 Å². The summed E-state index contributed by atoms with van der Waals surface area (Å²) in [5.41, 5.74) is 0. The zero-order valence-corrected chi connectivity index (χ0v) is 65.5. The molecule has 0 fully saturated rings. The number of carboxylic acid groups (broad SMARTS) is 1. The Balaban J connectivity index is 4.10. The molecule has 0 heterocycles. The van der Waals surface area contributed by atoms with Gasteiger partial charge in [0.05, 0.1) is 34.4 Å². The summed E-state index contributed by atoms with van der Waals surface area (Å²) in [5, 5.41) is 9.78. The summed E-state index contributed by atoms with van der Waals surface area (Å²) in [7, 11) is 5.97. The van der Waals surface area contributed by atoms with Gasteiger partial charge in [-0.3, -0.25) is 9.59 Å². The summed E-state index contributed by atoms with van der Waals surface area (Å²) in [6.07, 6.45) is 119. The van der Waals surface area contributed by atoms with E-state index in [1.54, 1.807) is 0 Å². The Hall–Kier alpha value is -5.61. The molecule has 9 nitrogen and oxygen atoms in total. The molecule has 0 aromatic carbocycles. The zero-order valence-electron chi connectivity index (χ0n) is 65.5. The van der Waals surface area contributed by atoms with E-state index < -0.39 is 24.3 Å². The summed E-state index contributed by atoms with van der Waals surface area (Å²) in [4.78, 5) is 37.8. The van der Waals surface area contributed by atoms with Crippen LogP contribution in [0.5, 0.6) is 0 Å². The van der Waals surface area contributed by atoms with Gasteiger partial charge >= 0.3 is 17.9 Å². The summed E-state index contributed by atoms with van der Waals surface area (Å²) >= 11 is 0. The Kier molecular flexibility index (Phi) is 75.6. The molecule has 0 aliphatic rings. The van der Waals surface area contributed by atoms with E-state index in [0.717, 1.165) is 141 Å². The summed E-state index contributed by atoms with van der Waals surface area (Å²) in [5.74, 6) is -2.02. The van der Waals surface area contributed by atoms with Gasteiger partial charge < -0.3 is 28.5 Å². The van der Waals surface area contributed by atoms with Crippen LogP contribution in [0.2, 0.25) is 0 Å². The van der Waals surface area contributed by atoms with Gasteiger partial charge in [-0.15, -0.1) is 0 Å². The third-order valence-corrected chi connectivity index (χ3v) is 17.2. The minimum absolute atomic E-state index is 0.178. The van der Waals surface area contributed by atoms with Crippen molar-refractivity contribution >= 4 is 17.9 Å². The van der Waals surface area contributed by atoms with E-state index in [1.165, 1.54) is 148 Å². The molecule has 0 amide bonds. The van der Waals surface area contributed by atoms with Crippen LogP contribution >= 0.6 is 0 Å². The van der Waals surface area contributed by atoms with E-state index in [4.69, 9.17) is 18.9 Å². The highest BCUT2D eigenvalue weighted by atomic mass is 16.7. The predicted molar refractivity (Wildman–Crippen MR) is 437 cm³/mol. The molecule has 0 saturated carbocycles. The molecular weight excluding hydrogens is 1250 g/mol. The fraction of sp³-hybridized carbons (Fsp3) is 0.641. The average Bonchev–Trinajstić information content (AvgIpc) is 1.21. The van der Waals surface area contributed by atoms with Crippen LogP contribution in [0.3, 0.4) is 0 Å². The molecule has 1 N–H and O–H groups in total. The van der Waals surface area contributed by atoms with E-state index in [9.17, 15) is 19.5 Å². The first-order valence-electron chi connectivity index (χ1n) is 40.9. The molecule has 0 aliphatic carbocycles. The molecule has 0 aliphatic heterocycles. The molecule has 572 valence electrons. The average molecular weight is 1400 g/mol. The Morgan fingerprint density at radius 3 is 0.792 bits per heavy atom. The lowest BCUT2D eigenvalue weighted by molar-refractivity contribution is -0.870. The normalized spacial score (nSPS) is 13.6. The number of aliphatic carboxylic acids is 1. The van der Waals surface area contributed by atoms with Gasteiger partial charge in [0.25, 0.3) is 6.29 Å². The van der Waals surface area contributed by atoms with Crippen LogP contribution in [0.25, 0.3) is 0 Å². The highest BCUT2D eigenvalue weighted by Gasteiger charge is 2.25. The topological polar surface area (TPSA) is 108 Å². The lowest BCUT2D eigenvalue weighted by Gasteiger charge is -2.25. The zero-order chi connectivity index (χ0) is 73.2. The number of quaternary nitrogens is 1. The molecule has 0 aromatic rings. The quantitative estimate of drug-likeness (QED) is 0.0211. The van der Waals surface area contributed by atoms with Crippen LogP contribution in [-0.4, -0.2) is 87.4 Å². The van der Waals surface area contributed by atoms with Crippen molar-refractivity contribution in [1.29, 1.82) is 0 Å². The molecule has 0 spiro atoms. The third-order valence-electron chi connectivity index (χ3n) is 17.2. The van der Waals surface area contributed by atoms with Crippen molar-refractivity contribution in [1.82, 2.24) is 0 Å². The maximum absolute atomic E-state index is 13.0. The lowest BCUT2D eigenvalue weighted by atomic mass is 10.0. The Labute approximate surface area is 621 Å². The number of hydrogen-bond acceptors (Lipinski definition) is 7. The van der Waals surface area contributed by atoms with Crippen LogP contribution in [0, 0.1) is 0 Å². The van der Waals surface area contributed by atoms with Crippen LogP contribution < -0.4 is 0 Å². The van der Waals surface area contributed by atoms with Crippen molar-refractivity contribution in [2.75, 3.05) is 47.5 Å². The highest BCUT2D eigenvalue weighted by molar-refractivity contribution is 5.71. The second-order valence-electron chi connectivity index (χ2n) is 28.0. The highest BCUT2D eigenvalue weighted by Crippen LogP contribution is 2.18. The molecule has 0 bridgehead atoms. The van der Waals surface area contributed by atoms with Gasteiger partial charge in [-0.2, -0.15) is 0 Å². The number of likely N-dealkylation sites (N-methyl/N-ethyl adjacent to an activating group) is 1. The Morgan fingerprint density at radius 2 is 0.535 bits per heavy atom. The van der Waals surface area contributed by atoms with E-state index in [2.05, 4.69) is 196 Å². The second-order valence-corrected chi connectivity index (χ2v) is 28.0. The molecule has 2 atom stereocenters. The van der Waals surface area contributed by atoms with Gasteiger partial charge in [-0.25, -0.2) is 4.79 Å². The second kappa shape index (κ2) is 80.1. The van der Waals surface area contributed by atoms with Crippen molar-refractivity contribution in [3.05, 3.63) is 182 Å². The van der Waals surface area contributed by atoms with Crippen LogP contribution in [0.4, 0.5) is 0 Å². The molecule has 9 heteroatoms. The number of unbranched alkanes of at least 4 members (excludes halogenated alkanes) is 29.